The lowest BCUT2D eigenvalue weighted by molar-refractivity contribution is 0.317. The van der Waals surface area contributed by atoms with Gasteiger partial charge in [-0.2, -0.15) is 0 Å². The molecule has 1 saturated carbocycles. The Morgan fingerprint density at radius 2 is 1.38 bits per heavy atom. The van der Waals surface area contributed by atoms with E-state index in [1.54, 1.807) is 11.1 Å². The molecule has 2 aliphatic carbocycles. The minimum absolute atomic E-state index is 0.945. The van der Waals surface area contributed by atoms with E-state index in [9.17, 15) is 0 Å². The molecule has 0 spiro atoms. The van der Waals surface area contributed by atoms with Gasteiger partial charge in [0.15, 0.2) is 0 Å². The van der Waals surface area contributed by atoms with Crippen molar-refractivity contribution in [2.24, 2.45) is 11.8 Å². The van der Waals surface area contributed by atoms with Gasteiger partial charge >= 0.3 is 0 Å². The van der Waals surface area contributed by atoms with Crippen LogP contribution >= 0.6 is 0 Å². The van der Waals surface area contributed by atoms with Crippen LogP contribution in [0.3, 0.4) is 0 Å². The molecule has 0 aromatic carbocycles. The highest BCUT2D eigenvalue weighted by Gasteiger charge is 2.25. The van der Waals surface area contributed by atoms with Gasteiger partial charge in [-0.3, -0.25) is 0 Å². The first kappa shape index (κ1) is 12.2. The van der Waals surface area contributed by atoms with Crippen LogP contribution in [0.4, 0.5) is 0 Å². The monoisotopic (exact) mass is 220 g/mol. The Morgan fingerprint density at radius 3 is 2.06 bits per heavy atom. The maximum atomic E-state index is 2.43. The van der Waals surface area contributed by atoms with Crippen LogP contribution in [0.25, 0.3) is 0 Å². The largest absolute Gasteiger partial charge is 0.0741 e. The summed E-state index contributed by atoms with van der Waals surface area (Å²) in [5.74, 6) is 1.97. The highest BCUT2D eigenvalue weighted by molar-refractivity contribution is 5.15. The average Bonchev–Trinajstić information content (AvgIpc) is 2.63. The van der Waals surface area contributed by atoms with Crippen LogP contribution in [0, 0.1) is 11.8 Å². The fourth-order valence-electron chi connectivity index (χ4n) is 3.79. The van der Waals surface area contributed by atoms with Crippen LogP contribution in [0.2, 0.25) is 0 Å². The molecule has 0 aromatic rings. The van der Waals surface area contributed by atoms with Crippen LogP contribution in [-0.2, 0) is 0 Å². The van der Waals surface area contributed by atoms with Crippen molar-refractivity contribution in [2.45, 2.75) is 78.1 Å². The van der Waals surface area contributed by atoms with E-state index in [0.29, 0.717) is 0 Å². The smallest absolute Gasteiger partial charge is 0.0175 e. The summed E-state index contributed by atoms with van der Waals surface area (Å²) in [5.41, 5.74) is 3.48. The maximum absolute atomic E-state index is 2.43. The predicted molar refractivity (Wildman–Crippen MR) is 71.5 cm³/mol. The summed E-state index contributed by atoms with van der Waals surface area (Å²) in [6.07, 6.45) is 14.7. The van der Waals surface area contributed by atoms with Gasteiger partial charge in [0.25, 0.3) is 0 Å². The van der Waals surface area contributed by atoms with Crippen molar-refractivity contribution in [1.29, 1.82) is 0 Å². The Bertz CT molecular complexity index is 241. The van der Waals surface area contributed by atoms with E-state index in [1.807, 2.05) is 0 Å². The first-order valence-electron chi connectivity index (χ1n) is 7.45. The van der Waals surface area contributed by atoms with E-state index in [2.05, 4.69) is 13.8 Å². The van der Waals surface area contributed by atoms with Crippen LogP contribution in [-0.4, -0.2) is 0 Å². The van der Waals surface area contributed by atoms with Crippen molar-refractivity contribution in [1.82, 2.24) is 0 Å². The van der Waals surface area contributed by atoms with E-state index in [0.717, 1.165) is 11.8 Å². The number of hydrogen-bond acceptors (Lipinski definition) is 0. The normalized spacial score (nSPS) is 30.0. The minimum Gasteiger partial charge on any atom is -0.0741 e. The van der Waals surface area contributed by atoms with Crippen molar-refractivity contribution in [3.63, 3.8) is 0 Å². The van der Waals surface area contributed by atoms with Crippen LogP contribution in [0.5, 0.6) is 0 Å². The van der Waals surface area contributed by atoms with Crippen molar-refractivity contribution >= 4 is 0 Å². The lowest BCUT2D eigenvalue weighted by Crippen LogP contribution is -2.15. The number of allylic oxidation sites excluding steroid dienone is 2. The molecule has 0 aliphatic heterocycles. The number of rotatable bonds is 1. The fraction of sp³-hybridized carbons (Fsp3) is 0.875. The van der Waals surface area contributed by atoms with Gasteiger partial charge in [-0.1, -0.05) is 43.3 Å². The molecule has 1 unspecified atom stereocenters. The molecule has 2 aliphatic rings. The molecule has 0 saturated heterocycles. The van der Waals surface area contributed by atoms with Crippen LogP contribution < -0.4 is 0 Å². The second kappa shape index (κ2) is 5.89. The molecular formula is C16H28. The van der Waals surface area contributed by atoms with Gasteiger partial charge in [0.05, 0.1) is 0 Å². The maximum Gasteiger partial charge on any atom is -0.0175 e. The number of hydrogen-bond donors (Lipinski definition) is 0. The SMILES string of the molecule is CC1=C(C)C(C2CCCCCC2)CCCC1. The molecule has 92 valence electrons. The predicted octanol–water partition coefficient (Wildman–Crippen LogP) is 5.48. The second-order valence-corrected chi connectivity index (χ2v) is 6.07. The van der Waals surface area contributed by atoms with E-state index < -0.39 is 0 Å². The summed E-state index contributed by atoms with van der Waals surface area (Å²) in [4.78, 5) is 0. The Kier molecular flexibility index (Phi) is 4.49. The summed E-state index contributed by atoms with van der Waals surface area (Å²) in [6.45, 7) is 4.81. The topological polar surface area (TPSA) is 0 Å². The highest BCUT2D eigenvalue weighted by atomic mass is 14.3. The summed E-state index contributed by atoms with van der Waals surface area (Å²) in [5, 5.41) is 0. The third-order valence-corrected chi connectivity index (χ3v) is 5.02. The molecule has 0 N–H and O–H groups in total. The van der Waals surface area contributed by atoms with Gasteiger partial charge in [-0.05, 0) is 57.8 Å². The summed E-state index contributed by atoms with van der Waals surface area (Å²) >= 11 is 0. The highest BCUT2D eigenvalue weighted by Crippen LogP contribution is 2.39. The molecule has 2 rings (SSSR count). The Morgan fingerprint density at radius 1 is 0.750 bits per heavy atom. The van der Waals surface area contributed by atoms with Gasteiger partial charge in [0, 0.05) is 0 Å². The van der Waals surface area contributed by atoms with Crippen LogP contribution in [0.1, 0.15) is 78.1 Å². The van der Waals surface area contributed by atoms with Crippen molar-refractivity contribution in [3.05, 3.63) is 11.1 Å². The summed E-state index contributed by atoms with van der Waals surface area (Å²) < 4.78 is 0. The zero-order valence-corrected chi connectivity index (χ0v) is 11.2. The van der Waals surface area contributed by atoms with Gasteiger partial charge in [-0.15, -0.1) is 0 Å². The molecule has 0 aromatic heterocycles. The molecule has 0 heterocycles. The average molecular weight is 220 g/mol. The van der Waals surface area contributed by atoms with E-state index in [-0.39, 0.29) is 0 Å². The molecule has 1 fully saturated rings. The Hall–Kier alpha value is -0.260. The van der Waals surface area contributed by atoms with Crippen LogP contribution in [0.15, 0.2) is 11.1 Å². The Balaban J connectivity index is 2.07. The molecule has 0 radical (unpaired) electrons. The molecule has 0 bridgehead atoms. The van der Waals surface area contributed by atoms with E-state index >= 15 is 0 Å². The second-order valence-electron chi connectivity index (χ2n) is 6.07. The van der Waals surface area contributed by atoms with E-state index in [4.69, 9.17) is 0 Å². The molecule has 16 heavy (non-hydrogen) atoms. The minimum atomic E-state index is 0.945. The lowest BCUT2D eigenvalue weighted by atomic mass is 9.78. The Labute approximate surface area is 102 Å². The van der Waals surface area contributed by atoms with Gasteiger partial charge in [0.1, 0.15) is 0 Å². The molecule has 1 atom stereocenters. The zero-order valence-electron chi connectivity index (χ0n) is 11.2. The molecule has 0 amide bonds. The van der Waals surface area contributed by atoms with Crippen molar-refractivity contribution < 1.29 is 0 Å². The van der Waals surface area contributed by atoms with Gasteiger partial charge < -0.3 is 0 Å². The van der Waals surface area contributed by atoms with Gasteiger partial charge in [0.2, 0.25) is 0 Å². The zero-order chi connectivity index (χ0) is 11.4. The van der Waals surface area contributed by atoms with Gasteiger partial charge in [-0.25, -0.2) is 0 Å². The quantitative estimate of drug-likeness (QED) is 0.405. The summed E-state index contributed by atoms with van der Waals surface area (Å²) in [7, 11) is 0. The van der Waals surface area contributed by atoms with Crippen molar-refractivity contribution in [2.75, 3.05) is 0 Å². The molecule has 0 nitrogen and oxygen atoms in total. The lowest BCUT2D eigenvalue weighted by Gasteiger charge is -2.27. The van der Waals surface area contributed by atoms with E-state index in [1.165, 1.54) is 64.2 Å². The first-order chi connectivity index (χ1) is 7.79. The third-order valence-electron chi connectivity index (χ3n) is 5.02. The standard InChI is InChI=1S/C16H28/c1-13-9-7-8-12-16(14(13)2)15-10-5-3-4-6-11-15/h15-16H,3-12H2,1-2H3. The molecule has 0 heteroatoms. The fourth-order valence-corrected chi connectivity index (χ4v) is 3.79. The first-order valence-corrected chi connectivity index (χ1v) is 7.45. The third kappa shape index (κ3) is 2.90. The summed E-state index contributed by atoms with van der Waals surface area (Å²) in [6, 6.07) is 0. The molecular weight excluding hydrogens is 192 g/mol. The van der Waals surface area contributed by atoms with Crippen molar-refractivity contribution in [3.8, 4) is 0 Å².